The van der Waals surface area contributed by atoms with Crippen LogP contribution >= 0.6 is 0 Å². The molecule has 1 nitrogen and oxygen atoms in total. The number of benzene rings is 3. The van der Waals surface area contributed by atoms with E-state index in [1.54, 1.807) is 0 Å². The Morgan fingerprint density at radius 3 is 2.14 bits per heavy atom. The summed E-state index contributed by atoms with van der Waals surface area (Å²) in [5.74, 6) is 7.43. The molecule has 0 bridgehead atoms. The van der Waals surface area contributed by atoms with E-state index in [0.717, 1.165) is 6.42 Å². The molecule has 0 radical (unpaired) electrons. The lowest BCUT2D eigenvalue weighted by Crippen LogP contribution is -2.11. The van der Waals surface area contributed by atoms with Crippen molar-refractivity contribution >= 4 is 11.8 Å². The van der Waals surface area contributed by atoms with Crippen molar-refractivity contribution in [2.24, 2.45) is 0 Å². The third kappa shape index (κ3) is 4.28. The molecule has 3 aromatic rings. The number of hydrogen-bond donors (Lipinski definition) is 0. The second-order valence-electron chi connectivity index (χ2n) is 7.81. The van der Waals surface area contributed by atoms with Gasteiger partial charge in [0.1, 0.15) is 5.54 Å². The minimum atomic E-state index is -0.0997. The number of anilines is 1. The molecular weight excluding hydrogens is 350 g/mol. The summed E-state index contributed by atoms with van der Waals surface area (Å²) in [4.78, 5) is 2.40. The van der Waals surface area contributed by atoms with Crippen molar-refractivity contribution in [1.82, 2.24) is 0 Å². The Labute approximate surface area is 174 Å². The second kappa shape index (κ2) is 8.41. The van der Waals surface area contributed by atoms with E-state index in [-0.39, 0.29) is 11.5 Å². The summed E-state index contributed by atoms with van der Waals surface area (Å²) >= 11 is 0. The molecule has 1 aliphatic heterocycles. The van der Waals surface area contributed by atoms with E-state index >= 15 is 0 Å². The van der Waals surface area contributed by atoms with E-state index in [1.165, 1.54) is 16.8 Å². The molecule has 0 aromatic heterocycles. The van der Waals surface area contributed by atoms with Gasteiger partial charge in [-0.25, -0.2) is 0 Å². The third-order valence-corrected chi connectivity index (χ3v) is 5.85. The zero-order valence-electron chi connectivity index (χ0n) is 17.1. The van der Waals surface area contributed by atoms with Crippen molar-refractivity contribution in [3.05, 3.63) is 108 Å². The Morgan fingerprint density at radius 2 is 1.48 bits per heavy atom. The minimum Gasteiger partial charge on any atom is -0.347 e. The first-order valence-corrected chi connectivity index (χ1v) is 10.3. The summed E-state index contributed by atoms with van der Waals surface area (Å²) in [6, 6.07) is 32.1. The first kappa shape index (κ1) is 19.1. The molecule has 0 aliphatic carbocycles. The molecule has 0 spiro atoms. The van der Waals surface area contributed by atoms with Gasteiger partial charge in [0, 0.05) is 11.6 Å². The molecule has 1 fully saturated rings. The fourth-order valence-corrected chi connectivity index (χ4v) is 3.90. The summed E-state index contributed by atoms with van der Waals surface area (Å²) in [5.41, 5.74) is 3.65. The summed E-state index contributed by atoms with van der Waals surface area (Å²) in [6.45, 7) is 4.51. The van der Waals surface area contributed by atoms with Gasteiger partial charge in [-0.2, -0.15) is 0 Å². The van der Waals surface area contributed by atoms with E-state index in [1.807, 2.05) is 6.07 Å². The predicted octanol–water partition coefficient (Wildman–Crippen LogP) is 6.54. The van der Waals surface area contributed by atoms with Gasteiger partial charge in [0.2, 0.25) is 0 Å². The van der Waals surface area contributed by atoms with Crippen LogP contribution in [0, 0.1) is 11.8 Å². The minimum absolute atomic E-state index is 0.0997. The quantitative estimate of drug-likeness (QED) is 0.360. The van der Waals surface area contributed by atoms with Crippen LogP contribution in [0.4, 0.5) is 5.69 Å². The molecule has 3 atom stereocenters. The topological polar surface area (TPSA) is 3.01 Å². The maximum atomic E-state index is 3.62. The Balaban J connectivity index is 1.55. The zero-order valence-corrected chi connectivity index (χ0v) is 17.1. The van der Waals surface area contributed by atoms with Crippen molar-refractivity contribution in [3.8, 4) is 11.8 Å². The first-order chi connectivity index (χ1) is 14.2. The lowest BCUT2D eigenvalue weighted by atomic mass is 9.94. The number of rotatable bonds is 5. The molecule has 1 aliphatic rings. The highest BCUT2D eigenvalue weighted by atomic mass is 15.4. The molecule has 1 saturated heterocycles. The molecule has 1 heterocycles. The molecule has 3 aromatic carbocycles. The molecule has 0 saturated carbocycles. The van der Waals surface area contributed by atoms with Crippen LogP contribution in [0.3, 0.4) is 0 Å². The van der Waals surface area contributed by atoms with Gasteiger partial charge >= 0.3 is 0 Å². The second-order valence-corrected chi connectivity index (χ2v) is 7.81. The molecule has 3 unspecified atom stereocenters. The molecule has 1 heteroatoms. The van der Waals surface area contributed by atoms with Crippen molar-refractivity contribution in [2.75, 3.05) is 4.90 Å². The number of para-hydroxylation sites is 1. The average molecular weight is 378 g/mol. The number of nitrogens with zero attached hydrogens (tertiary/aromatic N) is 1. The van der Waals surface area contributed by atoms with Crippen LogP contribution in [0.5, 0.6) is 0 Å². The molecular formula is C28H27N. The summed E-state index contributed by atoms with van der Waals surface area (Å²) in [7, 11) is 0. The SMILES string of the molecule is CC1N(c2ccccc2)C1(C)C#CC(C/C=C/c1ccccc1)c1ccccc1. The van der Waals surface area contributed by atoms with Crippen LogP contribution in [0.2, 0.25) is 0 Å². The highest BCUT2D eigenvalue weighted by molar-refractivity contribution is 5.64. The Kier molecular flexibility index (Phi) is 5.54. The van der Waals surface area contributed by atoms with Gasteiger partial charge in [-0.3, -0.25) is 0 Å². The number of allylic oxidation sites excluding steroid dienone is 1. The lowest BCUT2D eigenvalue weighted by Gasteiger charge is -2.10. The van der Waals surface area contributed by atoms with Crippen molar-refractivity contribution in [1.29, 1.82) is 0 Å². The summed E-state index contributed by atoms with van der Waals surface area (Å²) < 4.78 is 0. The van der Waals surface area contributed by atoms with Gasteiger partial charge < -0.3 is 4.90 Å². The van der Waals surface area contributed by atoms with Gasteiger partial charge in [-0.05, 0) is 43.5 Å². The molecule has 29 heavy (non-hydrogen) atoms. The highest BCUT2D eigenvalue weighted by Crippen LogP contribution is 2.44. The van der Waals surface area contributed by atoms with E-state index < -0.39 is 0 Å². The predicted molar refractivity (Wildman–Crippen MR) is 124 cm³/mol. The monoisotopic (exact) mass is 377 g/mol. The average Bonchev–Trinajstić information content (AvgIpc) is 3.32. The summed E-state index contributed by atoms with van der Waals surface area (Å²) in [6.07, 6.45) is 5.34. The van der Waals surface area contributed by atoms with Gasteiger partial charge in [0.05, 0.1) is 6.04 Å². The van der Waals surface area contributed by atoms with Crippen LogP contribution in [-0.4, -0.2) is 11.6 Å². The molecule has 144 valence electrons. The molecule has 0 amide bonds. The van der Waals surface area contributed by atoms with E-state index in [9.17, 15) is 0 Å². The molecule has 0 N–H and O–H groups in total. The van der Waals surface area contributed by atoms with Crippen molar-refractivity contribution in [2.45, 2.75) is 37.8 Å². The van der Waals surface area contributed by atoms with E-state index in [4.69, 9.17) is 0 Å². The van der Waals surface area contributed by atoms with Crippen LogP contribution in [0.1, 0.15) is 37.3 Å². The smallest absolute Gasteiger partial charge is 0.119 e. The maximum Gasteiger partial charge on any atom is 0.119 e. The Morgan fingerprint density at radius 1 is 0.897 bits per heavy atom. The van der Waals surface area contributed by atoms with Crippen LogP contribution in [0.15, 0.2) is 97.1 Å². The standard InChI is InChI=1S/C28H27N/c1-23-28(2,29(23)27-19-10-5-11-20-27)22-21-26(25-16-8-4-9-17-25)18-12-15-24-13-6-3-7-14-24/h3-17,19-20,23,26H,18H2,1-2H3/b15-12+. The Bertz CT molecular complexity index is 1010. The molecule has 4 rings (SSSR count). The van der Waals surface area contributed by atoms with Gasteiger partial charge in [0.15, 0.2) is 0 Å². The fraction of sp³-hybridized carbons (Fsp3) is 0.214. The van der Waals surface area contributed by atoms with Crippen LogP contribution < -0.4 is 4.90 Å². The third-order valence-electron chi connectivity index (χ3n) is 5.85. The normalized spacial score (nSPS) is 21.4. The van der Waals surface area contributed by atoms with Crippen molar-refractivity contribution in [3.63, 3.8) is 0 Å². The number of hydrogen-bond acceptors (Lipinski definition) is 1. The Hall–Kier alpha value is -3.24. The van der Waals surface area contributed by atoms with Crippen molar-refractivity contribution < 1.29 is 0 Å². The fourth-order valence-electron chi connectivity index (χ4n) is 3.90. The highest BCUT2D eigenvalue weighted by Gasteiger charge is 2.55. The zero-order chi connectivity index (χ0) is 20.1. The van der Waals surface area contributed by atoms with E-state index in [2.05, 4.69) is 128 Å². The van der Waals surface area contributed by atoms with Crippen LogP contribution in [-0.2, 0) is 0 Å². The van der Waals surface area contributed by atoms with Gasteiger partial charge in [-0.1, -0.05) is 103 Å². The van der Waals surface area contributed by atoms with Crippen LogP contribution in [0.25, 0.3) is 6.08 Å². The van der Waals surface area contributed by atoms with Gasteiger partial charge in [-0.15, -0.1) is 0 Å². The first-order valence-electron chi connectivity index (χ1n) is 10.3. The van der Waals surface area contributed by atoms with Gasteiger partial charge in [0.25, 0.3) is 0 Å². The lowest BCUT2D eigenvalue weighted by molar-refractivity contribution is 0.866. The maximum absolute atomic E-state index is 3.62. The largest absolute Gasteiger partial charge is 0.347 e. The summed E-state index contributed by atoms with van der Waals surface area (Å²) in [5, 5.41) is 0. The van der Waals surface area contributed by atoms with E-state index in [0.29, 0.717) is 6.04 Å².